The van der Waals surface area contributed by atoms with E-state index in [9.17, 15) is 0 Å². The third kappa shape index (κ3) is 1.37. The SMILES string of the molecule is Nc1sc2c(c1-c1ccccc1)CCC2. The van der Waals surface area contributed by atoms with Gasteiger partial charge in [-0.05, 0) is 30.4 Å². The predicted molar refractivity (Wildman–Crippen MR) is 66.2 cm³/mol. The quantitative estimate of drug-likeness (QED) is 0.774. The number of nitrogen functional groups attached to an aromatic ring is 1. The molecular weight excluding hydrogens is 202 g/mol. The molecule has 1 aromatic heterocycles. The Morgan fingerprint density at radius 2 is 1.87 bits per heavy atom. The minimum Gasteiger partial charge on any atom is -0.390 e. The van der Waals surface area contributed by atoms with Gasteiger partial charge in [0.1, 0.15) is 0 Å². The Balaban J connectivity index is 2.20. The molecule has 2 N–H and O–H groups in total. The lowest BCUT2D eigenvalue weighted by atomic mass is 10.0. The first-order valence-electron chi connectivity index (χ1n) is 5.31. The lowest BCUT2D eigenvalue weighted by Crippen LogP contribution is -1.87. The number of nitrogens with two attached hydrogens (primary N) is 1. The van der Waals surface area contributed by atoms with E-state index in [0.29, 0.717) is 0 Å². The van der Waals surface area contributed by atoms with Crippen molar-refractivity contribution in [3.8, 4) is 11.1 Å². The van der Waals surface area contributed by atoms with Crippen molar-refractivity contribution in [2.45, 2.75) is 19.3 Å². The molecule has 0 radical (unpaired) electrons. The van der Waals surface area contributed by atoms with E-state index < -0.39 is 0 Å². The maximum Gasteiger partial charge on any atom is 0.0941 e. The molecule has 15 heavy (non-hydrogen) atoms. The fourth-order valence-electron chi connectivity index (χ4n) is 2.35. The summed E-state index contributed by atoms with van der Waals surface area (Å²) in [5.41, 5.74) is 10.2. The standard InChI is InChI=1S/C13H13NS/c14-13-12(9-5-2-1-3-6-9)10-7-4-8-11(10)15-13/h1-3,5-6H,4,7-8,14H2. The first-order chi connectivity index (χ1) is 7.36. The van der Waals surface area contributed by atoms with E-state index in [2.05, 4.69) is 24.3 Å². The summed E-state index contributed by atoms with van der Waals surface area (Å²) >= 11 is 1.78. The van der Waals surface area contributed by atoms with Crippen molar-refractivity contribution >= 4 is 16.3 Å². The average Bonchev–Trinajstić information content (AvgIpc) is 2.78. The molecule has 1 heterocycles. The highest BCUT2D eigenvalue weighted by Crippen LogP contribution is 2.43. The van der Waals surface area contributed by atoms with Crippen molar-refractivity contribution in [1.29, 1.82) is 0 Å². The second-order valence-corrected chi connectivity index (χ2v) is 5.10. The molecule has 0 fully saturated rings. The number of hydrogen-bond donors (Lipinski definition) is 1. The van der Waals surface area contributed by atoms with E-state index in [0.717, 1.165) is 5.00 Å². The Hall–Kier alpha value is -1.28. The summed E-state index contributed by atoms with van der Waals surface area (Å²) in [5, 5.41) is 0.992. The minimum absolute atomic E-state index is 0.992. The second kappa shape index (κ2) is 3.38. The van der Waals surface area contributed by atoms with Crippen LogP contribution < -0.4 is 5.73 Å². The lowest BCUT2D eigenvalue weighted by Gasteiger charge is -2.03. The zero-order chi connectivity index (χ0) is 10.3. The van der Waals surface area contributed by atoms with E-state index >= 15 is 0 Å². The summed E-state index contributed by atoms with van der Waals surface area (Å²) in [7, 11) is 0. The van der Waals surface area contributed by atoms with Gasteiger partial charge in [-0.25, -0.2) is 0 Å². The Kier molecular flexibility index (Phi) is 2.03. The number of fused-ring (bicyclic) bond motifs is 1. The average molecular weight is 215 g/mol. The van der Waals surface area contributed by atoms with Gasteiger partial charge in [-0.2, -0.15) is 0 Å². The van der Waals surface area contributed by atoms with Gasteiger partial charge in [-0.1, -0.05) is 30.3 Å². The second-order valence-electron chi connectivity index (χ2n) is 3.96. The van der Waals surface area contributed by atoms with E-state index in [1.807, 2.05) is 6.07 Å². The molecule has 0 saturated carbocycles. The predicted octanol–water partition coefficient (Wildman–Crippen LogP) is 3.49. The van der Waals surface area contributed by atoms with Gasteiger partial charge in [0.05, 0.1) is 5.00 Å². The van der Waals surface area contributed by atoms with Gasteiger partial charge in [-0.15, -0.1) is 11.3 Å². The molecule has 0 unspecified atom stereocenters. The molecule has 0 spiro atoms. The number of anilines is 1. The van der Waals surface area contributed by atoms with Gasteiger partial charge < -0.3 is 5.73 Å². The molecule has 0 atom stereocenters. The van der Waals surface area contributed by atoms with E-state index in [4.69, 9.17) is 5.73 Å². The zero-order valence-electron chi connectivity index (χ0n) is 8.49. The zero-order valence-corrected chi connectivity index (χ0v) is 9.31. The van der Waals surface area contributed by atoms with Gasteiger partial charge in [0.2, 0.25) is 0 Å². The van der Waals surface area contributed by atoms with Gasteiger partial charge in [0, 0.05) is 10.4 Å². The summed E-state index contributed by atoms with van der Waals surface area (Å²) in [6, 6.07) is 10.5. The first kappa shape index (κ1) is 8.98. The molecule has 0 aliphatic heterocycles. The Labute approximate surface area is 93.6 Å². The summed E-state index contributed by atoms with van der Waals surface area (Å²) in [6.45, 7) is 0. The maximum atomic E-state index is 6.10. The molecule has 0 bridgehead atoms. The molecule has 1 nitrogen and oxygen atoms in total. The lowest BCUT2D eigenvalue weighted by molar-refractivity contribution is 0.915. The molecule has 1 aliphatic rings. The largest absolute Gasteiger partial charge is 0.390 e. The van der Waals surface area contributed by atoms with Gasteiger partial charge in [0.15, 0.2) is 0 Å². The van der Waals surface area contributed by atoms with Crippen LogP contribution in [0.2, 0.25) is 0 Å². The van der Waals surface area contributed by atoms with Crippen LogP contribution in [0.1, 0.15) is 16.9 Å². The molecule has 76 valence electrons. The number of rotatable bonds is 1. The number of hydrogen-bond acceptors (Lipinski definition) is 2. The van der Waals surface area contributed by atoms with Crippen molar-refractivity contribution in [1.82, 2.24) is 0 Å². The monoisotopic (exact) mass is 215 g/mol. The fraction of sp³-hybridized carbons (Fsp3) is 0.231. The van der Waals surface area contributed by atoms with Crippen molar-refractivity contribution in [3.05, 3.63) is 40.8 Å². The minimum atomic E-state index is 0.992. The van der Waals surface area contributed by atoms with Crippen LogP contribution in [0.5, 0.6) is 0 Å². The summed E-state index contributed by atoms with van der Waals surface area (Å²) < 4.78 is 0. The molecule has 1 aromatic carbocycles. The Bertz CT molecular complexity index is 485. The van der Waals surface area contributed by atoms with Crippen molar-refractivity contribution in [3.63, 3.8) is 0 Å². The van der Waals surface area contributed by atoms with Crippen LogP contribution in [0.4, 0.5) is 5.00 Å². The van der Waals surface area contributed by atoms with Crippen LogP contribution in [0.3, 0.4) is 0 Å². The normalized spacial score (nSPS) is 14.1. The molecule has 3 rings (SSSR count). The molecule has 1 aliphatic carbocycles. The first-order valence-corrected chi connectivity index (χ1v) is 6.13. The highest BCUT2D eigenvalue weighted by Gasteiger charge is 2.21. The van der Waals surface area contributed by atoms with Crippen LogP contribution in [-0.2, 0) is 12.8 Å². The van der Waals surface area contributed by atoms with Gasteiger partial charge >= 0.3 is 0 Å². The Morgan fingerprint density at radius 1 is 1.07 bits per heavy atom. The molecule has 2 aromatic rings. The van der Waals surface area contributed by atoms with Crippen LogP contribution >= 0.6 is 11.3 Å². The van der Waals surface area contributed by atoms with E-state index in [1.54, 1.807) is 11.3 Å². The van der Waals surface area contributed by atoms with Crippen LogP contribution in [0.25, 0.3) is 11.1 Å². The topological polar surface area (TPSA) is 26.0 Å². The number of thiophene rings is 1. The van der Waals surface area contributed by atoms with E-state index in [-0.39, 0.29) is 0 Å². The molecular formula is C13H13NS. The summed E-state index contributed by atoms with van der Waals surface area (Å²) in [5.74, 6) is 0. The maximum absolute atomic E-state index is 6.10. The smallest absolute Gasteiger partial charge is 0.0941 e. The summed E-state index contributed by atoms with van der Waals surface area (Å²) in [4.78, 5) is 1.51. The highest BCUT2D eigenvalue weighted by atomic mass is 32.1. The van der Waals surface area contributed by atoms with Crippen molar-refractivity contribution < 1.29 is 0 Å². The number of aryl methyl sites for hydroxylation is 1. The van der Waals surface area contributed by atoms with Gasteiger partial charge in [0.25, 0.3) is 0 Å². The Morgan fingerprint density at radius 3 is 2.67 bits per heavy atom. The third-order valence-electron chi connectivity index (χ3n) is 3.01. The molecule has 0 saturated heterocycles. The molecule has 0 amide bonds. The van der Waals surface area contributed by atoms with Crippen molar-refractivity contribution in [2.75, 3.05) is 5.73 Å². The molecule has 2 heteroatoms. The highest BCUT2D eigenvalue weighted by molar-refractivity contribution is 7.16. The van der Waals surface area contributed by atoms with Crippen LogP contribution in [0, 0.1) is 0 Å². The van der Waals surface area contributed by atoms with Gasteiger partial charge in [-0.3, -0.25) is 0 Å². The summed E-state index contributed by atoms with van der Waals surface area (Å²) in [6.07, 6.45) is 3.71. The fourth-order valence-corrected chi connectivity index (χ4v) is 3.53. The van der Waals surface area contributed by atoms with Crippen LogP contribution in [-0.4, -0.2) is 0 Å². The van der Waals surface area contributed by atoms with Crippen LogP contribution in [0.15, 0.2) is 30.3 Å². The third-order valence-corrected chi connectivity index (χ3v) is 4.13. The number of benzene rings is 1. The van der Waals surface area contributed by atoms with Crippen molar-refractivity contribution in [2.24, 2.45) is 0 Å². The van der Waals surface area contributed by atoms with E-state index in [1.165, 1.54) is 40.8 Å².